The van der Waals surface area contributed by atoms with Gasteiger partial charge < -0.3 is 30.2 Å². The van der Waals surface area contributed by atoms with E-state index in [1.165, 1.54) is 35.9 Å². The molecule has 1 aliphatic heterocycles. The molecule has 0 unspecified atom stereocenters. The highest BCUT2D eigenvalue weighted by Crippen LogP contribution is 2.29. The molecule has 0 spiro atoms. The van der Waals surface area contributed by atoms with Crippen molar-refractivity contribution in [2.75, 3.05) is 36.2 Å². The second-order valence-corrected chi connectivity index (χ2v) is 8.82. The van der Waals surface area contributed by atoms with Crippen LogP contribution in [0.2, 0.25) is 5.02 Å². The van der Waals surface area contributed by atoms with Gasteiger partial charge in [-0.05, 0) is 19.1 Å². The maximum absolute atomic E-state index is 13.3. The molecule has 1 aromatic carbocycles. The highest BCUT2D eigenvalue weighted by Gasteiger charge is 2.49. The minimum absolute atomic E-state index is 0.0693. The van der Waals surface area contributed by atoms with E-state index in [9.17, 15) is 14.7 Å². The molecule has 37 heavy (non-hydrogen) atoms. The van der Waals surface area contributed by atoms with Crippen LogP contribution in [-0.2, 0) is 14.3 Å². The third-order valence-corrected chi connectivity index (χ3v) is 6.23. The van der Waals surface area contributed by atoms with Crippen LogP contribution in [0.15, 0.2) is 47.2 Å². The average molecular weight is 528 g/mol. The van der Waals surface area contributed by atoms with E-state index in [-0.39, 0.29) is 24.8 Å². The van der Waals surface area contributed by atoms with E-state index in [2.05, 4.69) is 20.6 Å². The van der Waals surface area contributed by atoms with Crippen molar-refractivity contribution in [3.05, 3.63) is 47.7 Å². The molecule has 0 radical (unpaired) electrons. The number of nitrogens with zero attached hydrogens (tertiary/aromatic N) is 5. The summed E-state index contributed by atoms with van der Waals surface area (Å²) in [6, 6.07) is 7.91. The van der Waals surface area contributed by atoms with Crippen molar-refractivity contribution < 1.29 is 28.7 Å². The molecular formula is C23H22ClN7O6. The number of nitrogens with one attached hydrogen (secondary N) is 1. The van der Waals surface area contributed by atoms with Crippen LogP contribution in [0.5, 0.6) is 5.88 Å². The van der Waals surface area contributed by atoms with Gasteiger partial charge in [-0.1, -0.05) is 16.8 Å². The number of pyridine rings is 1. The van der Waals surface area contributed by atoms with Crippen molar-refractivity contribution in [1.82, 2.24) is 19.9 Å². The van der Waals surface area contributed by atoms with Crippen LogP contribution in [0.1, 0.15) is 6.92 Å². The van der Waals surface area contributed by atoms with Gasteiger partial charge in [0.15, 0.2) is 28.9 Å². The number of ether oxygens (including phenoxy) is 2. The van der Waals surface area contributed by atoms with Gasteiger partial charge in [0.2, 0.25) is 5.88 Å². The molecule has 1 aliphatic rings. The first kappa shape index (κ1) is 24.5. The number of carbonyl (C=O) groups excluding carboxylic acids is 2. The molecule has 0 aliphatic carbocycles. The Kier molecular flexibility index (Phi) is 6.19. The summed E-state index contributed by atoms with van der Waals surface area (Å²) >= 11 is 6.26. The molecule has 0 saturated carbocycles. The van der Waals surface area contributed by atoms with Gasteiger partial charge in [0.25, 0.3) is 11.8 Å². The van der Waals surface area contributed by atoms with Crippen LogP contribution in [-0.4, -0.2) is 68.8 Å². The van der Waals surface area contributed by atoms with Crippen molar-refractivity contribution in [3.8, 4) is 11.6 Å². The number of nitrogen functional groups attached to an aromatic ring is 1. The molecule has 1 fully saturated rings. The Morgan fingerprint density at radius 2 is 2.16 bits per heavy atom. The number of rotatable bonds is 6. The van der Waals surface area contributed by atoms with Gasteiger partial charge in [-0.25, -0.2) is 9.67 Å². The third kappa shape index (κ3) is 4.43. The molecule has 4 aromatic rings. The van der Waals surface area contributed by atoms with Crippen LogP contribution in [0.4, 0.5) is 17.3 Å². The van der Waals surface area contributed by atoms with Crippen molar-refractivity contribution in [2.24, 2.45) is 0 Å². The van der Waals surface area contributed by atoms with Gasteiger partial charge in [-0.2, -0.15) is 0 Å². The number of aromatic nitrogens is 4. The first-order valence-electron chi connectivity index (χ1n) is 11.1. The number of benzene rings is 1. The second kappa shape index (κ2) is 9.35. The molecule has 1 saturated heterocycles. The molecule has 2 atom stereocenters. The molecule has 4 N–H and O–H groups in total. The topological polar surface area (TPSA) is 171 Å². The maximum Gasteiger partial charge on any atom is 0.260 e. The molecule has 3 aromatic heterocycles. The van der Waals surface area contributed by atoms with E-state index < -0.39 is 23.5 Å². The van der Waals surface area contributed by atoms with Gasteiger partial charge in [0.1, 0.15) is 0 Å². The molecule has 2 amide bonds. The zero-order valence-electron chi connectivity index (χ0n) is 19.7. The zero-order valence-corrected chi connectivity index (χ0v) is 20.5. The number of methoxy groups -OCH3 is 1. The standard InChI is InChI=1S/C23H22ClN7O6/c1-23(34,22(33)27-12-3-4-13-16(9-12)37-29-20(13)25)19-21(32)30(7-8-36-19)17-5-6-31(28-17)15-10-18(35-2)26-11-14(15)24/h3-6,9-11,19,34H,7-8H2,1-2H3,(H2,25,29)(H,27,33)/t19-,23+/m0/s1. The fraction of sp³-hybridized carbons (Fsp3) is 0.261. The highest BCUT2D eigenvalue weighted by atomic mass is 35.5. The largest absolute Gasteiger partial charge is 0.481 e. The first-order valence-corrected chi connectivity index (χ1v) is 11.4. The van der Waals surface area contributed by atoms with Crippen molar-refractivity contribution in [3.63, 3.8) is 0 Å². The van der Waals surface area contributed by atoms with Gasteiger partial charge in [0, 0.05) is 30.1 Å². The molecular weight excluding hydrogens is 506 g/mol. The fourth-order valence-corrected chi connectivity index (χ4v) is 4.11. The summed E-state index contributed by atoms with van der Waals surface area (Å²) in [5, 5.41) is 22.7. The van der Waals surface area contributed by atoms with E-state index >= 15 is 0 Å². The Labute approximate surface area is 214 Å². The first-order chi connectivity index (χ1) is 17.7. The Morgan fingerprint density at radius 3 is 2.95 bits per heavy atom. The number of nitrogens with two attached hydrogens (primary N) is 1. The van der Waals surface area contributed by atoms with Crippen LogP contribution in [0.3, 0.4) is 0 Å². The Bertz CT molecular complexity index is 1500. The number of halogens is 1. The van der Waals surface area contributed by atoms with Crippen LogP contribution >= 0.6 is 11.6 Å². The Balaban J connectivity index is 1.35. The van der Waals surface area contributed by atoms with Crippen LogP contribution in [0, 0.1) is 0 Å². The van der Waals surface area contributed by atoms with Crippen LogP contribution in [0.25, 0.3) is 16.7 Å². The summed E-state index contributed by atoms with van der Waals surface area (Å²) in [5.41, 5.74) is 4.67. The number of hydrogen-bond acceptors (Lipinski definition) is 10. The van der Waals surface area contributed by atoms with Crippen molar-refractivity contribution in [1.29, 1.82) is 0 Å². The molecule has 192 valence electrons. The number of carbonyl (C=O) groups is 2. The molecule has 14 heteroatoms. The predicted molar refractivity (Wildman–Crippen MR) is 133 cm³/mol. The monoisotopic (exact) mass is 527 g/mol. The predicted octanol–water partition coefficient (Wildman–Crippen LogP) is 1.77. The van der Waals surface area contributed by atoms with Gasteiger partial charge in [0.05, 0.1) is 42.6 Å². The molecule has 4 heterocycles. The second-order valence-electron chi connectivity index (χ2n) is 8.42. The summed E-state index contributed by atoms with van der Waals surface area (Å²) in [6.07, 6.45) is 1.56. The lowest BCUT2D eigenvalue weighted by molar-refractivity contribution is -0.165. The van der Waals surface area contributed by atoms with E-state index in [4.69, 9.17) is 31.3 Å². The lowest BCUT2D eigenvalue weighted by atomic mass is 9.95. The van der Waals surface area contributed by atoms with Crippen LogP contribution < -0.4 is 20.7 Å². The van der Waals surface area contributed by atoms with E-state index in [0.717, 1.165) is 0 Å². The highest BCUT2D eigenvalue weighted by molar-refractivity contribution is 6.32. The lowest BCUT2D eigenvalue weighted by Gasteiger charge is -2.37. The summed E-state index contributed by atoms with van der Waals surface area (Å²) in [5.74, 6) is -0.634. The Morgan fingerprint density at radius 1 is 1.35 bits per heavy atom. The van der Waals surface area contributed by atoms with Gasteiger partial charge in [-0.3, -0.25) is 14.5 Å². The Hall–Kier alpha value is -4.20. The third-order valence-electron chi connectivity index (χ3n) is 5.94. The SMILES string of the molecule is COc1cc(-n2ccc(N3CCO[C@H]([C@@](C)(O)C(=O)Nc4ccc5c(N)noc5c4)C3=O)n2)c(Cl)cn1. The number of fused-ring (bicyclic) bond motifs is 1. The quantitative estimate of drug-likeness (QED) is 0.335. The number of morpholine rings is 1. The van der Waals surface area contributed by atoms with Crippen molar-refractivity contribution >= 4 is 51.7 Å². The number of anilines is 3. The molecule has 5 rings (SSSR count). The van der Waals surface area contributed by atoms with Gasteiger partial charge in [-0.15, -0.1) is 5.10 Å². The minimum Gasteiger partial charge on any atom is -0.481 e. The number of hydrogen-bond donors (Lipinski definition) is 3. The number of aliphatic hydroxyl groups is 1. The smallest absolute Gasteiger partial charge is 0.260 e. The molecule has 0 bridgehead atoms. The zero-order chi connectivity index (χ0) is 26.3. The normalized spacial score (nSPS) is 17.6. The fourth-order valence-electron chi connectivity index (χ4n) is 3.92. The lowest BCUT2D eigenvalue weighted by Crippen LogP contribution is -2.61. The summed E-state index contributed by atoms with van der Waals surface area (Å²) < 4.78 is 17.3. The van der Waals surface area contributed by atoms with Crippen molar-refractivity contribution in [2.45, 2.75) is 18.6 Å². The van der Waals surface area contributed by atoms with E-state index in [0.29, 0.717) is 33.2 Å². The average Bonchev–Trinajstić information content (AvgIpc) is 3.51. The summed E-state index contributed by atoms with van der Waals surface area (Å²) in [7, 11) is 1.48. The minimum atomic E-state index is -2.21. The summed E-state index contributed by atoms with van der Waals surface area (Å²) in [4.78, 5) is 31.7. The summed E-state index contributed by atoms with van der Waals surface area (Å²) in [6.45, 7) is 1.45. The van der Waals surface area contributed by atoms with E-state index in [1.807, 2.05) is 0 Å². The molecule has 13 nitrogen and oxygen atoms in total. The van der Waals surface area contributed by atoms with Gasteiger partial charge >= 0.3 is 0 Å². The maximum atomic E-state index is 13.3. The number of amides is 2. The van der Waals surface area contributed by atoms with E-state index in [1.54, 1.807) is 30.5 Å².